The highest BCUT2D eigenvalue weighted by Crippen LogP contribution is 2.36. The lowest BCUT2D eigenvalue weighted by Gasteiger charge is -2.26. The molecule has 4 aromatic carbocycles. The van der Waals surface area contributed by atoms with Gasteiger partial charge in [-0.1, -0.05) is 6.42 Å². The van der Waals surface area contributed by atoms with E-state index >= 15 is 0 Å². The molecule has 4 aromatic heterocycles. The van der Waals surface area contributed by atoms with Crippen LogP contribution in [0.5, 0.6) is 34.5 Å². The van der Waals surface area contributed by atoms with Crippen LogP contribution >= 0.6 is 0 Å². The van der Waals surface area contributed by atoms with E-state index in [1.807, 2.05) is 91.3 Å². The lowest BCUT2D eigenvalue weighted by Crippen LogP contribution is -2.33. The molecule has 2 N–H and O–H groups in total. The molecule has 0 bridgehead atoms. The van der Waals surface area contributed by atoms with Crippen molar-refractivity contribution in [2.24, 2.45) is 7.05 Å². The third-order valence-electron chi connectivity index (χ3n) is 12.2. The molecule has 346 valence electrons. The van der Waals surface area contributed by atoms with Crippen LogP contribution < -0.4 is 29.6 Å². The van der Waals surface area contributed by atoms with E-state index in [2.05, 4.69) is 25.5 Å². The van der Waals surface area contributed by atoms with E-state index in [9.17, 15) is 9.59 Å². The highest BCUT2D eigenvalue weighted by molar-refractivity contribution is 6.09. The number of aryl methyl sites for hydroxylation is 2. The molecule has 2 amide bonds. The molecule has 2 saturated heterocycles. The van der Waals surface area contributed by atoms with E-state index < -0.39 is 0 Å². The maximum atomic E-state index is 12.4. The van der Waals surface area contributed by atoms with Crippen LogP contribution in [0.3, 0.4) is 0 Å². The summed E-state index contributed by atoms with van der Waals surface area (Å²) in [6.07, 6.45) is 7.02. The Kier molecular flexibility index (Phi) is 13.5. The van der Waals surface area contributed by atoms with Crippen molar-refractivity contribution in [1.29, 1.82) is 0 Å². The molecule has 2 aliphatic heterocycles. The van der Waals surface area contributed by atoms with Crippen molar-refractivity contribution in [3.8, 4) is 34.5 Å². The monoisotopic (exact) mass is 906 g/mol. The van der Waals surface area contributed by atoms with E-state index in [-0.39, 0.29) is 18.1 Å². The number of carbonyl (C=O) groups is 2. The van der Waals surface area contributed by atoms with Gasteiger partial charge in [-0.3, -0.25) is 24.5 Å². The molecule has 2 fully saturated rings. The molecule has 10 rings (SSSR count). The zero-order valence-corrected chi connectivity index (χ0v) is 38.3. The number of nitrogens with one attached hydrogen (secondary N) is 2. The fourth-order valence-corrected chi connectivity index (χ4v) is 8.65. The number of benzene rings is 4. The normalized spacial score (nSPS) is 14.3. The van der Waals surface area contributed by atoms with Gasteiger partial charge in [0.05, 0.1) is 40.9 Å². The molecule has 6 heterocycles. The van der Waals surface area contributed by atoms with Gasteiger partial charge >= 0.3 is 0 Å². The Bertz CT molecular complexity index is 3080. The minimum Gasteiger partial charge on any atom is -0.492 e. The van der Waals surface area contributed by atoms with E-state index in [1.165, 1.54) is 32.4 Å². The quantitative estimate of drug-likeness (QED) is 0.113. The fraction of sp³-hybridized carbons (Fsp3) is 0.308. The zero-order chi connectivity index (χ0) is 46.4. The minimum atomic E-state index is -0.336. The molecule has 0 atom stereocenters. The third-order valence-corrected chi connectivity index (χ3v) is 12.2. The topological polar surface area (TPSA) is 161 Å². The van der Waals surface area contributed by atoms with Crippen LogP contribution in [0.15, 0.2) is 102 Å². The van der Waals surface area contributed by atoms with Gasteiger partial charge in [0.1, 0.15) is 59.1 Å². The second-order valence-corrected chi connectivity index (χ2v) is 16.5. The number of hydrogen-bond acceptors (Lipinski definition) is 12. The predicted molar refractivity (Wildman–Crippen MR) is 256 cm³/mol. The summed E-state index contributed by atoms with van der Waals surface area (Å²) in [6.45, 7) is 9.19. The first kappa shape index (κ1) is 45.0. The first-order valence-electron chi connectivity index (χ1n) is 22.6. The predicted octanol–water partition coefficient (Wildman–Crippen LogP) is 9.24. The molecule has 0 radical (unpaired) electrons. The molecule has 67 heavy (non-hydrogen) atoms. The van der Waals surface area contributed by atoms with E-state index in [1.54, 1.807) is 45.5 Å². The van der Waals surface area contributed by atoms with Crippen molar-refractivity contribution in [1.82, 2.24) is 30.1 Å². The average Bonchev–Trinajstić information content (AvgIpc) is 4.06. The molecular formula is C52H54N6O9. The van der Waals surface area contributed by atoms with Crippen LogP contribution in [-0.4, -0.2) is 97.7 Å². The van der Waals surface area contributed by atoms with Crippen LogP contribution in [0.25, 0.3) is 43.7 Å². The summed E-state index contributed by atoms with van der Waals surface area (Å²) >= 11 is 0. The second-order valence-electron chi connectivity index (χ2n) is 16.5. The molecule has 0 aliphatic carbocycles. The molecule has 0 unspecified atom stereocenters. The van der Waals surface area contributed by atoms with Gasteiger partial charge in [-0.2, -0.15) is 0 Å². The molecule has 0 saturated carbocycles. The number of piperidine rings is 1. The van der Waals surface area contributed by atoms with Crippen molar-refractivity contribution >= 4 is 55.5 Å². The standard InChI is InChI=1S/C28H32N4O3.C24H22N2O6/c1-19-27(28(33)29-2)23-10-8-21(18-25(23)31(19)3)35-26-11-12-30-24-17-20(7-9-22(24)26)34-16-15-32-13-5-4-6-14-32;1-14-23(24(27)25-2)18-6-4-16(12-21(18)31-14)32-20-7-8-26-19-11-15(3-5-17(19)20)30-13-22-28-9-10-29-22/h7-12,17-18H,4-6,13-16H2,1-3H3,(H,29,33);3-8,11-12,22H,9-10,13H2,1-2H3,(H,25,27). The summed E-state index contributed by atoms with van der Waals surface area (Å²) in [5.41, 5.74) is 5.24. The van der Waals surface area contributed by atoms with Crippen molar-refractivity contribution in [3.63, 3.8) is 0 Å². The van der Waals surface area contributed by atoms with Crippen LogP contribution in [0, 0.1) is 13.8 Å². The van der Waals surface area contributed by atoms with Crippen molar-refractivity contribution in [2.75, 3.05) is 60.2 Å². The van der Waals surface area contributed by atoms with Crippen LogP contribution in [0.4, 0.5) is 0 Å². The first-order chi connectivity index (χ1) is 32.7. The smallest absolute Gasteiger partial charge is 0.255 e. The Morgan fingerprint density at radius 3 is 1.88 bits per heavy atom. The summed E-state index contributed by atoms with van der Waals surface area (Å²) in [6, 6.07) is 26.5. The summed E-state index contributed by atoms with van der Waals surface area (Å²) in [5, 5.41) is 8.79. The Balaban J connectivity index is 0.000000169. The average molecular weight is 907 g/mol. The summed E-state index contributed by atoms with van der Waals surface area (Å²) in [4.78, 5) is 36.0. The molecule has 15 nitrogen and oxygen atoms in total. The first-order valence-corrected chi connectivity index (χ1v) is 22.6. The molecule has 2 aliphatic rings. The maximum absolute atomic E-state index is 12.4. The Morgan fingerprint density at radius 2 is 1.24 bits per heavy atom. The summed E-state index contributed by atoms with van der Waals surface area (Å²) in [5.74, 6) is 4.47. The molecular weight excluding hydrogens is 853 g/mol. The number of aromatic nitrogens is 3. The molecule has 0 spiro atoms. The van der Waals surface area contributed by atoms with Crippen molar-refractivity contribution < 1.29 is 42.4 Å². The van der Waals surface area contributed by atoms with E-state index in [0.29, 0.717) is 71.9 Å². The lowest BCUT2D eigenvalue weighted by molar-refractivity contribution is -0.0683. The van der Waals surface area contributed by atoms with Gasteiger partial charge in [-0.25, -0.2) is 0 Å². The van der Waals surface area contributed by atoms with Crippen LogP contribution in [-0.2, 0) is 16.5 Å². The number of furan rings is 1. The summed E-state index contributed by atoms with van der Waals surface area (Å²) in [7, 11) is 5.21. The van der Waals surface area contributed by atoms with Gasteiger partial charge in [0, 0.05) is 91.6 Å². The fourth-order valence-electron chi connectivity index (χ4n) is 8.65. The highest BCUT2D eigenvalue weighted by atomic mass is 16.7. The van der Waals surface area contributed by atoms with Gasteiger partial charge < -0.3 is 48.0 Å². The van der Waals surface area contributed by atoms with Crippen molar-refractivity contribution in [2.45, 2.75) is 39.4 Å². The number of amides is 2. The third kappa shape index (κ3) is 9.85. The largest absolute Gasteiger partial charge is 0.492 e. The highest BCUT2D eigenvalue weighted by Gasteiger charge is 2.21. The molecule has 15 heteroatoms. The Hall–Kier alpha value is -7.20. The number of ether oxygens (including phenoxy) is 6. The second kappa shape index (κ2) is 20.1. The van der Waals surface area contributed by atoms with Gasteiger partial charge in [0.25, 0.3) is 11.8 Å². The Morgan fingerprint density at radius 1 is 0.672 bits per heavy atom. The zero-order valence-electron chi connectivity index (χ0n) is 38.3. The van der Waals surface area contributed by atoms with Gasteiger partial charge in [0.15, 0.2) is 6.29 Å². The van der Waals surface area contributed by atoms with Gasteiger partial charge in [0.2, 0.25) is 0 Å². The lowest BCUT2D eigenvalue weighted by atomic mass is 10.1. The number of fused-ring (bicyclic) bond motifs is 4. The maximum Gasteiger partial charge on any atom is 0.255 e. The minimum absolute atomic E-state index is 0.0872. The van der Waals surface area contributed by atoms with Crippen LogP contribution in [0.2, 0.25) is 0 Å². The Labute approximate surface area is 387 Å². The van der Waals surface area contributed by atoms with Crippen LogP contribution in [0.1, 0.15) is 51.4 Å². The number of hydrogen-bond donors (Lipinski definition) is 2. The number of likely N-dealkylation sites (tertiary alicyclic amines) is 1. The van der Waals surface area contributed by atoms with E-state index in [0.717, 1.165) is 61.8 Å². The number of carbonyl (C=O) groups excluding carboxylic acids is 2. The van der Waals surface area contributed by atoms with Gasteiger partial charge in [-0.05, 0) is 100 Å². The van der Waals surface area contributed by atoms with Crippen molar-refractivity contribution in [3.05, 3.63) is 120 Å². The SMILES string of the molecule is CNC(=O)c1c(C)n(C)c2cc(Oc3ccnc4cc(OCCN5CCCCC5)ccc34)ccc12.CNC(=O)c1c(C)oc2cc(Oc3ccnc4cc(OCC5OCCO5)ccc34)ccc12. The molecule has 8 aromatic rings. The number of pyridine rings is 2. The van der Waals surface area contributed by atoms with E-state index in [4.69, 9.17) is 32.8 Å². The number of nitrogens with zero attached hydrogens (tertiary/aromatic N) is 4. The van der Waals surface area contributed by atoms with Gasteiger partial charge in [-0.15, -0.1) is 0 Å². The summed E-state index contributed by atoms with van der Waals surface area (Å²) < 4.78 is 42.8. The number of rotatable bonds is 13.